The summed E-state index contributed by atoms with van der Waals surface area (Å²) < 4.78 is 26.0. The van der Waals surface area contributed by atoms with Crippen molar-refractivity contribution in [1.29, 1.82) is 0 Å². The summed E-state index contributed by atoms with van der Waals surface area (Å²) in [6.45, 7) is -0.319. The molecule has 82 valence electrons. The normalized spacial score (nSPS) is 10.1. The molecule has 0 radical (unpaired) electrons. The Morgan fingerprint density at radius 2 is 2.13 bits per heavy atom. The molecule has 0 aliphatic heterocycles. The first-order valence-corrected chi connectivity index (χ1v) is 4.38. The standard InChI is InChI=1S/C10H11F2NO2/c1-13(10(15)4-5-14)9-6-7(11)2-3-8(9)12/h2-3,6,14H,4-5H2,1H3. The highest BCUT2D eigenvalue weighted by Gasteiger charge is 2.14. The molecule has 1 aromatic carbocycles. The fourth-order valence-corrected chi connectivity index (χ4v) is 1.14. The molecule has 0 aromatic heterocycles. The summed E-state index contributed by atoms with van der Waals surface area (Å²) in [4.78, 5) is 12.3. The Morgan fingerprint density at radius 1 is 1.47 bits per heavy atom. The van der Waals surface area contributed by atoms with Gasteiger partial charge in [-0.25, -0.2) is 8.78 Å². The van der Waals surface area contributed by atoms with Crippen molar-refractivity contribution in [2.75, 3.05) is 18.6 Å². The van der Waals surface area contributed by atoms with Crippen LogP contribution in [0.15, 0.2) is 18.2 Å². The molecule has 0 saturated carbocycles. The lowest BCUT2D eigenvalue weighted by Crippen LogP contribution is -2.27. The van der Waals surface area contributed by atoms with Gasteiger partial charge in [-0.2, -0.15) is 0 Å². The molecule has 0 heterocycles. The number of rotatable bonds is 3. The van der Waals surface area contributed by atoms with Gasteiger partial charge in [0, 0.05) is 13.1 Å². The van der Waals surface area contributed by atoms with E-state index in [2.05, 4.69) is 0 Å². The third-order valence-electron chi connectivity index (χ3n) is 1.97. The van der Waals surface area contributed by atoms with E-state index in [0.717, 1.165) is 23.1 Å². The van der Waals surface area contributed by atoms with Crippen molar-refractivity contribution in [3.63, 3.8) is 0 Å². The number of aliphatic hydroxyl groups is 1. The summed E-state index contributed by atoms with van der Waals surface area (Å²) in [5, 5.41) is 8.54. The molecule has 15 heavy (non-hydrogen) atoms. The van der Waals surface area contributed by atoms with Gasteiger partial charge in [0.05, 0.1) is 18.7 Å². The zero-order valence-corrected chi connectivity index (χ0v) is 8.20. The minimum atomic E-state index is -0.676. The Hall–Kier alpha value is -1.49. The molecule has 0 fully saturated rings. The average Bonchev–Trinajstić information content (AvgIpc) is 2.21. The van der Waals surface area contributed by atoms with E-state index in [1.165, 1.54) is 7.05 Å². The zero-order valence-electron chi connectivity index (χ0n) is 8.20. The lowest BCUT2D eigenvalue weighted by Gasteiger charge is -2.17. The van der Waals surface area contributed by atoms with Crippen molar-refractivity contribution in [3.05, 3.63) is 29.8 Å². The summed E-state index contributed by atoms with van der Waals surface area (Å²) >= 11 is 0. The van der Waals surface area contributed by atoms with Crippen LogP contribution in [-0.4, -0.2) is 24.7 Å². The SMILES string of the molecule is CN(C(=O)CCO)c1cc(F)ccc1F. The van der Waals surface area contributed by atoms with E-state index in [1.54, 1.807) is 0 Å². The second-order valence-corrected chi connectivity index (χ2v) is 3.02. The van der Waals surface area contributed by atoms with Gasteiger partial charge < -0.3 is 10.0 Å². The van der Waals surface area contributed by atoms with Crippen LogP contribution in [0.1, 0.15) is 6.42 Å². The highest BCUT2D eigenvalue weighted by Crippen LogP contribution is 2.19. The molecule has 0 atom stereocenters. The number of hydrogen-bond donors (Lipinski definition) is 1. The maximum Gasteiger partial charge on any atom is 0.229 e. The quantitative estimate of drug-likeness (QED) is 0.825. The van der Waals surface area contributed by atoms with Crippen LogP contribution in [0.2, 0.25) is 0 Å². The Kier molecular flexibility index (Phi) is 3.74. The van der Waals surface area contributed by atoms with Gasteiger partial charge in [0.2, 0.25) is 5.91 Å². The van der Waals surface area contributed by atoms with E-state index in [9.17, 15) is 13.6 Å². The third-order valence-corrected chi connectivity index (χ3v) is 1.97. The molecule has 0 aliphatic rings. The maximum atomic E-state index is 13.2. The summed E-state index contributed by atoms with van der Waals surface area (Å²) in [5.41, 5.74) is -0.131. The van der Waals surface area contributed by atoms with Crippen LogP contribution < -0.4 is 4.90 Å². The topological polar surface area (TPSA) is 40.5 Å². The molecule has 0 bridgehead atoms. The molecule has 0 aliphatic carbocycles. The number of hydrogen-bond acceptors (Lipinski definition) is 2. The van der Waals surface area contributed by atoms with Gasteiger partial charge in [-0.05, 0) is 12.1 Å². The average molecular weight is 215 g/mol. The molecular formula is C10H11F2NO2. The summed E-state index contributed by atoms with van der Waals surface area (Å²) in [6, 6.07) is 2.86. The lowest BCUT2D eigenvalue weighted by molar-refractivity contribution is -0.118. The minimum Gasteiger partial charge on any atom is -0.396 e. The molecule has 1 amide bonds. The van der Waals surface area contributed by atoms with Crippen LogP contribution >= 0.6 is 0 Å². The van der Waals surface area contributed by atoms with Gasteiger partial charge in [-0.3, -0.25) is 4.79 Å². The number of halogens is 2. The Balaban J connectivity index is 2.94. The van der Waals surface area contributed by atoms with Gasteiger partial charge >= 0.3 is 0 Å². The number of nitrogens with zero attached hydrogens (tertiary/aromatic N) is 1. The van der Waals surface area contributed by atoms with Crippen LogP contribution in [0.4, 0.5) is 14.5 Å². The second-order valence-electron chi connectivity index (χ2n) is 3.02. The van der Waals surface area contributed by atoms with E-state index in [-0.39, 0.29) is 18.7 Å². The molecule has 3 nitrogen and oxygen atoms in total. The van der Waals surface area contributed by atoms with Gasteiger partial charge in [-0.15, -0.1) is 0 Å². The van der Waals surface area contributed by atoms with Crippen molar-refractivity contribution in [2.45, 2.75) is 6.42 Å². The highest BCUT2D eigenvalue weighted by atomic mass is 19.1. The summed E-state index contributed by atoms with van der Waals surface area (Å²) in [6.07, 6.45) is -0.119. The first-order valence-electron chi connectivity index (χ1n) is 4.38. The molecule has 1 rings (SSSR count). The first-order chi connectivity index (χ1) is 7.06. The van der Waals surface area contributed by atoms with E-state index >= 15 is 0 Å². The van der Waals surface area contributed by atoms with E-state index in [1.807, 2.05) is 0 Å². The fourth-order valence-electron chi connectivity index (χ4n) is 1.14. The number of anilines is 1. The molecule has 1 N–H and O–H groups in total. The van der Waals surface area contributed by atoms with Crippen LogP contribution in [0.25, 0.3) is 0 Å². The van der Waals surface area contributed by atoms with Crippen molar-refractivity contribution >= 4 is 11.6 Å². The molecule has 1 aromatic rings. The highest BCUT2D eigenvalue weighted by molar-refractivity contribution is 5.92. The fraction of sp³-hybridized carbons (Fsp3) is 0.300. The van der Waals surface area contributed by atoms with Gasteiger partial charge in [0.15, 0.2) is 0 Å². The molecular weight excluding hydrogens is 204 g/mol. The Labute approximate surface area is 85.9 Å². The number of amides is 1. The maximum absolute atomic E-state index is 13.2. The number of aliphatic hydroxyl groups excluding tert-OH is 1. The number of benzene rings is 1. The van der Waals surface area contributed by atoms with E-state index < -0.39 is 17.5 Å². The smallest absolute Gasteiger partial charge is 0.229 e. The van der Waals surface area contributed by atoms with E-state index in [4.69, 9.17) is 5.11 Å². The van der Waals surface area contributed by atoms with Crippen molar-refractivity contribution in [1.82, 2.24) is 0 Å². The van der Waals surface area contributed by atoms with Gasteiger partial charge in [0.1, 0.15) is 11.6 Å². The number of carbonyl (C=O) groups excluding carboxylic acids is 1. The first kappa shape index (κ1) is 11.6. The number of carbonyl (C=O) groups is 1. The monoisotopic (exact) mass is 215 g/mol. The largest absolute Gasteiger partial charge is 0.396 e. The minimum absolute atomic E-state index is 0.119. The van der Waals surface area contributed by atoms with E-state index in [0.29, 0.717) is 0 Å². The molecule has 5 heteroatoms. The van der Waals surface area contributed by atoms with Crippen LogP contribution in [0, 0.1) is 11.6 Å². The molecule has 0 spiro atoms. The van der Waals surface area contributed by atoms with Crippen LogP contribution in [0.3, 0.4) is 0 Å². The molecule has 0 unspecified atom stereocenters. The van der Waals surface area contributed by atoms with Gasteiger partial charge in [-0.1, -0.05) is 0 Å². The Bertz CT molecular complexity index is 368. The van der Waals surface area contributed by atoms with Crippen molar-refractivity contribution in [2.24, 2.45) is 0 Å². The van der Waals surface area contributed by atoms with Crippen LogP contribution in [0.5, 0.6) is 0 Å². The second kappa shape index (κ2) is 4.84. The predicted molar refractivity (Wildman–Crippen MR) is 51.5 cm³/mol. The van der Waals surface area contributed by atoms with Crippen molar-refractivity contribution in [3.8, 4) is 0 Å². The third kappa shape index (κ3) is 2.73. The lowest BCUT2D eigenvalue weighted by atomic mass is 10.2. The Morgan fingerprint density at radius 3 is 2.73 bits per heavy atom. The summed E-state index contributed by atoms with van der Waals surface area (Å²) in [5.74, 6) is -1.76. The summed E-state index contributed by atoms with van der Waals surface area (Å²) in [7, 11) is 1.33. The molecule has 0 saturated heterocycles. The zero-order chi connectivity index (χ0) is 11.4. The van der Waals surface area contributed by atoms with Gasteiger partial charge in [0.25, 0.3) is 0 Å². The van der Waals surface area contributed by atoms with Crippen molar-refractivity contribution < 1.29 is 18.7 Å². The van der Waals surface area contributed by atoms with Crippen LogP contribution in [-0.2, 0) is 4.79 Å². The predicted octanol–water partition coefficient (Wildman–Crippen LogP) is 1.31.